The molecule has 11 N–H and O–H groups in total. The van der Waals surface area contributed by atoms with Crippen molar-refractivity contribution >= 4 is 0 Å². The average Bonchev–Trinajstić information content (AvgIpc) is 3.76. The fraction of sp³-hybridized carbons (Fsp3) is 0.957. The van der Waals surface area contributed by atoms with Gasteiger partial charge in [0, 0.05) is 0 Å². The normalized spacial score (nSPS) is 52.3. The minimum atomic E-state index is -1.67. The predicted octanol–water partition coefficient (Wildman–Crippen LogP) is 0.612. The van der Waals surface area contributed by atoms with Crippen LogP contribution in [0.15, 0.2) is 11.6 Å². The van der Waals surface area contributed by atoms with Gasteiger partial charge in [0.15, 0.2) is 18.9 Å². The molecular weight excluding hydrogens is 836 g/mol. The summed E-state index contributed by atoms with van der Waals surface area (Å²) in [5, 5.41) is 118. The third-order valence-corrected chi connectivity index (χ3v) is 18.4. The van der Waals surface area contributed by atoms with E-state index in [0.29, 0.717) is 25.7 Å². The van der Waals surface area contributed by atoms with Crippen LogP contribution in [0, 0.1) is 45.3 Å². The molecule has 4 aliphatic carbocycles. The van der Waals surface area contributed by atoms with Crippen molar-refractivity contribution in [1.29, 1.82) is 0 Å². The van der Waals surface area contributed by atoms with Crippen LogP contribution < -0.4 is 0 Å². The van der Waals surface area contributed by atoms with Crippen LogP contribution in [-0.2, 0) is 28.4 Å². The Hall–Kier alpha value is -0.940. The maximum absolute atomic E-state index is 12.7. The van der Waals surface area contributed by atoms with Crippen molar-refractivity contribution in [2.24, 2.45) is 45.3 Å². The third-order valence-electron chi connectivity index (χ3n) is 18.4. The summed E-state index contributed by atoms with van der Waals surface area (Å²) in [7, 11) is 0. The molecule has 0 amide bonds. The van der Waals surface area contributed by atoms with Crippen molar-refractivity contribution in [3.63, 3.8) is 0 Å². The molecule has 24 atom stereocenters. The van der Waals surface area contributed by atoms with E-state index >= 15 is 0 Å². The molecule has 0 bridgehead atoms. The Labute approximate surface area is 377 Å². The SMILES string of the molecule is CC(C)=CCC[C@](C)(O[C@H]1O[C@@H](CO[C@@H]2O[C@H](CO)[C@H](O)[C@@H]2O)[C@H](O)[C@@H](O)[C@@H]1O)[C@@H]1CC[C@]2(C)[C@@H]1[C@H](O)C[C@@H]1[C@]3(C)CC[C@H](O[C@@H]4O[C@H](CO)[C@@H](O)[C@H](O)[C@@H]4O)C(C)(C)[C@@H]3CC[C@@]12C. The summed E-state index contributed by atoms with van der Waals surface area (Å²) in [5.74, 6) is -0.0472. The van der Waals surface area contributed by atoms with E-state index in [0.717, 1.165) is 37.7 Å². The molecule has 0 unspecified atom stereocenters. The lowest BCUT2D eigenvalue weighted by Crippen LogP contribution is -2.67. The van der Waals surface area contributed by atoms with E-state index in [1.807, 2.05) is 20.8 Å². The Morgan fingerprint density at radius 2 is 1.19 bits per heavy atom. The van der Waals surface area contributed by atoms with Crippen molar-refractivity contribution in [3.8, 4) is 0 Å². The molecule has 0 aromatic heterocycles. The highest BCUT2D eigenvalue weighted by Gasteiger charge is 2.72. The molecule has 17 heteroatoms. The van der Waals surface area contributed by atoms with E-state index in [1.165, 1.54) is 0 Å². The van der Waals surface area contributed by atoms with Crippen LogP contribution in [0.5, 0.6) is 0 Å². The minimum Gasteiger partial charge on any atom is -0.394 e. The van der Waals surface area contributed by atoms with Crippen molar-refractivity contribution in [3.05, 3.63) is 11.6 Å². The van der Waals surface area contributed by atoms with Gasteiger partial charge in [-0.05, 0) is 124 Å². The molecule has 64 heavy (non-hydrogen) atoms. The summed E-state index contributed by atoms with van der Waals surface area (Å²) in [5.41, 5.74) is -0.947. The molecule has 7 rings (SSSR count). The van der Waals surface area contributed by atoms with Crippen molar-refractivity contribution in [1.82, 2.24) is 0 Å². The second kappa shape index (κ2) is 18.8. The maximum atomic E-state index is 12.7. The van der Waals surface area contributed by atoms with Crippen LogP contribution in [0.2, 0.25) is 0 Å². The van der Waals surface area contributed by atoms with Crippen LogP contribution in [0.4, 0.5) is 0 Å². The fourth-order valence-electron chi connectivity index (χ4n) is 14.6. The number of hydrogen-bond donors (Lipinski definition) is 11. The second-order valence-electron chi connectivity index (χ2n) is 22.4. The molecule has 17 nitrogen and oxygen atoms in total. The van der Waals surface area contributed by atoms with Gasteiger partial charge in [0.1, 0.15) is 67.1 Å². The van der Waals surface area contributed by atoms with E-state index in [2.05, 4.69) is 40.7 Å². The maximum Gasteiger partial charge on any atom is 0.187 e. The van der Waals surface area contributed by atoms with Gasteiger partial charge >= 0.3 is 0 Å². The number of fused-ring (bicyclic) bond motifs is 5. The molecular formula is C47H80O17. The lowest BCUT2D eigenvalue weighted by molar-refractivity contribution is -0.342. The van der Waals surface area contributed by atoms with Gasteiger partial charge in [-0.25, -0.2) is 0 Å². The lowest BCUT2D eigenvalue weighted by atomic mass is 9.35. The molecule has 4 saturated carbocycles. The zero-order valence-corrected chi connectivity index (χ0v) is 39.0. The van der Waals surface area contributed by atoms with Gasteiger partial charge < -0.3 is 84.6 Å². The molecule has 7 aliphatic rings. The molecule has 7 fully saturated rings. The van der Waals surface area contributed by atoms with Crippen LogP contribution in [-0.4, -0.2) is 180 Å². The van der Waals surface area contributed by atoms with Gasteiger partial charge in [-0.1, -0.05) is 46.3 Å². The monoisotopic (exact) mass is 917 g/mol. The Balaban J connectivity index is 1.11. The standard InChI is InChI=1S/C47H80O17/c1-22(2)10-9-14-47(8,64-42-39(58)36(55)34(53)27(62-42)21-59-40-37(56)33(52)26(20-49)60-40)23-11-16-46(7)31(23)24(50)18-29-44(5)15-13-30(43(3,4)28(44)12-17-45(29,46)6)63-41-38(57)35(54)32(51)25(19-48)61-41/h10,23-42,48-58H,9,11-21H2,1-8H3/t23-,24-,25-,26-,27+,28+,29-,30+,31+,32-,33+,34+,35+,36-,37+,38+,39+,40-,41+,42-,44-,45+,46-,47+/m1/s1. The number of ether oxygens (including phenoxy) is 6. The molecule has 3 saturated heterocycles. The third kappa shape index (κ3) is 8.49. The summed E-state index contributed by atoms with van der Waals surface area (Å²) < 4.78 is 36.6. The molecule has 0 aromatic carbocycles. The predicted molar refractivity (Wildman–Crippen MR) is 228 cm³/mol. The van der Waals surface area contributed by atoms with Crippen molar-refractivity contribution < 1.29 is 84.6 Å². The van der Waals surface area contributed by atoms with Gasteiger partial charge in [0.25, 0.3) is 0 Å². The topological polar surface area (TPSA) is 278 Å². The number of rotatable bonds is 13. The second-order valence-corrected chi connectivity index (χ2v) is 22.4. The highest BCUT2D eigenvalue weighted by Crippen LogP contribution is 2.76. The zero-order chi connectivity index (χ0) is 47.1. The van der Waals surface area contributed by atoms with E-state index in [9.17, 15) is 56.2 Å². The van der Waals surface area contributed by atoms with Crippen molar-refractivity contribution in [2.45, 2.75) is 217 Å². The number of allylic oxidation sites excluding steroid dienone is 2. The van der Waals surface area contributed by atoms with Crippen LogP contribution in [0.1, 0.15) is 113 Å². The number of aliphatic hydroxyl groups is 11. The summed E-state index contributed by atoms with van der Waals surface area (Å²) >= 11 is 0. The van der Waals surface area contributed by atoms with Crippen LogP contribution in [0.3, 0.4) is 0 Å². The molecule has 3 aliphatic heterocycles. The first kappa shape index (κ1) is 50.9. The van der Waals surface area contributed by atoms with Gasteiger partial charge in [-0.2, -0.15) is 0 Å². The van der Waals surface area contributed by atoms with Crippen LogP contribution >= 0.6 is 0 Å². The quantitative estimate of drug-likeness (QED) is 0.0892. The van der Waals surface area contributed by atoms with Gasteiger partial charge in [-0.3, -0.25) is 0 Å². The van der Waals surface area contributed by atoms with E-state index in [4.69, 9.17) is 28.4 Å². The Bertz CT molecular complexity index is 1630. The Morgan fingerprint density at radius 1 is 0.641 bits per heavy atom. The largest absolute Gasteiger partial charge is 0.394 e. The van der Waals surface area contributed by atoms with E-state index in [1.54, 1.807) is 0 Å². The molecule has 3 heterocycles. The minimum absolute atomic E-state index is 0.149. The smallest absolute Gasteiger partial charge is 0.187 e. The highest BCUT2D eigenvalue weighted by atomic mass is 16.7. The molecule has 370 valence electrons. The zero-order valence-electron chi connectivity index (χ0n) is 39.0. The summed E-state index contributed by atoms with van der Waals surface area (Å²) in [6.45, 7) is 16.1. The molecule has 0 radical (unpaired) electrons. The molecule has 0 aromatic rings. The first-order valence-corrected chi connectivity index (χ1v) is 23.8. The lowest BCUT2D eigenvalue weighted by Gasteiger charge is -2.71. The summed E-state index contributed by atoms with van der Waals surface area (Å²) in [6.07, 6.45) is -11.9. The van der Waals surface area contributed by atoms with Crippen LogP contribution in [0.25, 0.3) is 0 Å². The van der Waals surface area contributed by atoms with Gasteiger partial charge in [-0.15, -0.1) is 0 Å². The summed E-state index contributed by atoms with van der Waals surface area (Å²) in [6, 6.07) is 0. The number of hydrogen-bond acceptors (Lipinski definition) is 17. The average molecular weight is 917 g/mol. The highest BCUT2D eigenvalue weighted by molar-refractivity contribution is 5.20. The first-order chi connectivity index (χ1) is 29.9. The van der Waals surface area contributed by atoms with E-state index < -0.39 is 123 Å². The summed E-state index contributed by atoms with van der Waals surface area (Å²) in [4.78, 5) is 0. The van der Waals surface area contributed by atoms with Gasteiger partial charge in [0.2, 0.25) is 0 Å². The van der Waals surface area contributed by atoms with E-state index in [-0.39, 0.29) is 46.0 Å². The van der Waals surface area contributed by atoms with Crippen molar-refractivity contribution in [2.75, 3.05) is 19.8 Å². The number of aliphatic hydroxyl groups excluding tert-OH is 11. The first-order valence-electron chi connectivity index (χ1n) is 23.8. The molecule has 0 spiro atoms. The Kier molecular flexibility index (Phi) is 14.9. The van der Waals surface area contributed by atoms with Gasteiger partial charge in [0.05, 0.1) is 37.6 Å². The fourth-order valence-corrected chi connectivity index (χ4v) is 14.6. The Morgan fingerprint density at radius 3 is 1.81 bits per heavy atom.